The molecule has 1 heterocycles. The van der Waals surface area contributed by atoms with Crippen LogP contribution in [0.4, 0.5) is 18.9 Å². The summed E-state index contributed by atoms with van der Waals surface area (Å²) in [6, 6.07) is 9.14. The van der Waals surface area contributed by atoms with Gasteiger partial charge in [-0.2, -0.15) is 0 Å². The van der Waals surface area contributed by atoms with Crippen molar-refractivity contribution in [1.29, 1.82) is 0 Å². The molecule has 0 aliphatic heterocycles. The van der Waals surface area contributed by atoms with Crippen LogP contribution in [0.1, 0.15) is 19.2 Å². The molecule has 2 aromatic carbocycles. The summed E-state index contributed by atoms with van der Waals surface area (Å²) in [5.41, 5.74) is 0.972. The Kier molecular flexibility index (Phi) is 5.59. The van der Waals surface area contributed by atoms with Crippen LogP contribution < -0.4 is 4.90 Å². The number of amides is 1. The predicted octanol–water partition coefficient (Wildman–Crippen LogP) is 4.74. The molecule has 27 heavy (non-hydrogen) atoms. The molecule has 1 aromatic heterocycles. The molecule has 4 nitrogen and oxygen atoms in total. The smallest absolute Gasteiger partial charge is 0.227 e. The minimum atomic E-state index is -1.00. The number of hydrogen-bond donors (Lipinski definition) is 0. The molecule has 0 atom stereocenters. The van der Waals surface area contributed by atoms with Gasteiger partial charge >= 0.3 is 0 Å². The van der Waals surface area contributed by atoms with Crippen molar-refractivity contribution in [1.82, 2.24) is 4.98 Å². The summed E-state index contributed by atoms with van der Waals surface area (Å²) < 4.78 is 45.1. The van der Waals surface area contributed by atoms with E-state index in [1.165, 1.54) is 29.3 Å². The molecule has 3 aromatic rings. The van der Waals surface area contributed by atoms with Gasteiger partial charge in [0.1, 0.15) is 5.82 Å². The second-order valence-corrected chi connectivity index (χ2v) is 5.86. The van der Waals surface area contributed by atoms with Crippen molar-refractivity contribution in [3.63, 3.8) is 0 Å². The predicted molar refractivity (Wildman–Crippen MR) is 94.6 cm³/mol. The highest BCUT2D eigenvalue weighted by molar-refractivity contribution is 5.93. The van der Waals surface area contributed by atoms with Crippen LogP contribution in [0.15, 0.2) is 53.1 Å². The van der Waals surface area contributed by atoms with Crippen molar-refractivity contribution in [3.05, 3.63) is 72.0 Å². The summed E-state index contributed by atoms with van der Waals surface area (Å²) in [5, 5.41) is 0. The van der Waals surface area contributed by atoms with E-state index in [9.17, 15) is 18.0 Å². The number of benzene rings is 2. The fourth-order valence-electron chi connectivity index (χ4n) is 2.68. The highest BCUT2D eigenvalue weighted by atomic mass is 19.2. The van der Waals surface area contributed by atoms with Gasteiger partial charge in [-0.25, -0.2) is 18.2 Å². The van der Waals surface area contributed by atoms with Crippen LogP contribution >= 0.6 is 0 Å². The molecule has 0 bridgehead atoms. The average Bonchev–Trinajstić information content (AvgIpc) is 3.13. The van der Waals surface area contributed by atoms with Crippen molar-refractivity contribution >= 4 is 11.6 Å². The lowest BCUT2D eigenvalue weighted by molar-refractivity contribution is -0.118. The summed E-state index contributed by atoms with van der Waals surface area (Å²) in [4.78, 5) is 18.0. The molecule has 0 aliphatic carbocycles. The van der Waals surface area contributed by atoms with Crippen LogP contribution in [0.2, 0.25) is 0 Å². The maximum absolute atomic E-state index is 13.4. The largest absolute Gasteiger partial charge is 0.441 e. The van der Waals surface area contributed by atoms with Crippen LogP contribution in [0.5, 0.6) is 0 Å². The second kappa shape index (κ2) is 8.07. The maximum Gasteiger partial charge on any atom is 0.227 e. The Balaban J connectivity index is 1.66. The van der Waals surface area contributed by atoms with Gasteiger partial charge in [-0.05, 0) is 43.3 Å². The molecule has 3 rings (SSSR count). The molecule has 1 amide bonds. The summed E-state index contributed by atoms with van der Waals surface area (Å²) in [7, 11) is 0. The lowest BCUT2D eigenvalue weighted by Gasteiger charge is -2.21. The zero-order valence-electron chi connectivity index (χ0n) is 14.6. The first-order valence-electron chi connectivity index (χ1n) is 8.44. The van der Waals surface area contributed by atoms with Crippen LogP contribution in [-0.2, 0) is 11.2 Å². The Bertz CT molecular complexity index is 939. The van der Waals surface area contributed by atoms with Gasteiger partial charge in [-0.15, -0.1) is 0 Å². The first kappa shape index (κ1) is 18.7. The first-order chi connectivity index (χ1) is 13.0. The van der Waals surface area contributed by atoms with E-state index in [-0.39, 0.29) is 24.6 Å². The van der Waals surface area contributed by atoms with E-state index in [4.69, 9.17) is 4.42 Å². The van der Waals surface area contributed by atoms with E-state index < -0.39 is 11.6 Å². The Morgan fingerprint density at radius 2 is 1.81 bits per heavy atom. The zero-order chi connectivity index (χ0) is 19.4. The number of nitrogens with zero attached hydrogens (tertiary/aromatic N) is 2. The zero-order valence-corrected chi connectivity index (χ0v) is 14.6. The third-order valence-electron chi connectivity index (χ3n) is 4.07. The number of anilines is 1. The van der Waals surface area contributed by atoms with Gasteiger partial charge in [0.05, 0.1) is 6.20 Å². The number of carbonyl (C=O) groups excluding carboxylic acids is 1. The van der Waals surface area contributed by atoms with Gasteiger partial charge in [0.2, 0.25) is 5.91 Å². The standard InChI is InChI=1S/C20H17F3N2O2/c1-2-25(15-7-8-16(22)17(23)11-15)20(26)10-9-19-24-12-18(27-19)13-3-5-14(21)6-4-13/h3-8,11-12H,2,9-10H2,1H3. The molecule has 0 aliphatic rings. The van der Waals surface area contributed by atoms with Crippen LogP contribution in [-0.4, -0.2) is 17.4 Å². The fraction of sp³-hybridized carbons (Fsp3) is 0.200. The number of aryl methyl sites for hydroxylation is 1. The quantitative estimate of drug-likeness (QED) is 0.626. The van der Waals surface area contributed by atoms with Crippen molar-refractivity contribution in [2.75, 3.05) is 11.4 Å². The maximum atomic E-state index is 13.4. The Hall–Kier alpha value is -3.09. The first-order valence-corrected chi connectivity index (χ1v) is 8.44. The van der Waals surface area contributed by atoms with Gasteiger partial charge in [0.25, 0.3) is 0 Å². The lowest BCUT2D eigenvalue weighted by atomic mass is 10.2. The number of aromatic nitrogens is 1. The van der Waals surface area contributed by atoms with E-state index >= 15 is 0 Å². The average molecular weight is 374 g/mol. The third kappa shape index (κ3) is 4.36. The van der Waals surface area contributed by atoms with E-state index in [2.05, 4.69) is 4.98 Å². The minimum absolute atomic E-state index is 0.0935. The van der Waals surface area contributed by atoms with Gasteiger partial charge in [0.15, 0.2) is 23.3 Å². The molecule has 0 fully saturated rings. The molecule has 0 radical (unpaired) electrons. The molecule has 0 N–H and O–H groups in total. The number of carbonyl (C=O) groups is 1. The van der Waals surface area contributed by atoms with Gasteiger partial charge in [-0.3, -0.25) is 4.79 Å². The number of rotatable bonds is 6. The lowest BCUT2D eigenvalue weighted by Crippen LogP contribution is -2.30. The second-order valence-electron chi connectivity index (χ2n) is 5.86. The van der Waals surface area contributed by atoms with Crippen molar-refractivity contribution in [2.24, 2.45) is 0 Å². The highest BCUT2D eigenvalue weighted by Gasteiger charge is 2.17. The summed E-state index contributed by atoms with van der Waals surface area (Å²) >= 11 is 0. The molecule has 0 saturated carbocycles. The highest BCUT2D eigenvalue weighted by Crippen LogP contribution is 2.22. The van der Waals surface area contributed by atoms with Crippen LogP contribution in [0.25, 0.3) is 11.3 Å². The fourth-order valence-corrected chi connectivity index (χ4v) is 2.68. The van der Waals surface area contributed by atoms with E-state index in [0.29, 0.717) is 29.4 Å². The van der Waals surface area contributed by atoms with Gasteiger partial charge < -0.3 is 9.32 Å². The Morgan fingerprint density at radius 1 is 1.07 bits per heavy atom. The normalized spacial score (nSPS) is 10.8. The van der Waals surface area contributed by atoms with Crippen molar-refractivity contribution < 1.29 is 22.4 Å². The Morgan fingerprint density at radius 3 is 2.48 bits per heavy atom. The van der Waals surface area contributed by atoms with Crippen LogP contribution in [0.3, 0.4) is 0 Å². The number of halogens is 3. The monoisotopic (exact) mass is 374 g/mol. The number of hydrogen-bond acceptors (Lipinski definition) is 3. The number of oxazole rings is 1. The van der Waals surface area contributed by atoms with Crippen molar-refractivity contribution in [2.45, 2.75) is 19.8 Å². The molecular formula is C20H17F3N2O2. The van der Waals surface area contributed by atoms with Gasteiger partial charge in [0, 0.05) is 36.7 Å². The molecule has 140 valence electrons. The van der Waals surface area contributed by atoms with Crippen molar-refractivity contribution in [3.8, 4) is 11.3 Å². The summed E-state index contributed by atoms with van der Waals surface area (Å²) in [6.45, 7) is 2.06. The van der Waals surface area contributed by atoms with E-state index in [1.54, 1.807) is 19.1 Å². The minimum Gasteiger partial charge on any atom is -0.441 e. The topological polar surface area (TPSA) is 46.3 Å². The molecule has 0 saturated heterocycles. The third-order valence-corrected chi connectivity index (χ3v) is 4.07. The molecule has 0 unspecified atom stereocenters. The van der Waals surface area contributed by atoms with E-state index in [0.717, 1.165) is 12.1 Å². The Labute approximate surface area is 154 Å². The molecular weight excluding hydrogens is 357 g/mol. The molecule has 7 heteroatoms. The molecule has 0 spiro atoms. The van der Waals surface area contributed by atoms with Crippen LogP contribution in [0, 0.1) is 17.5 Å². The SMILES string of the molecule is CCN(C(=O)CCc1ncc(-c2ccc(F)cc2)o1)c1ccc(F)c(F)c1. The summed E-state index contributed by atoms with van der Waals surface area (Å²) in [6.07, 6.45) is 1.86. The van der Waals surface area contributed by atoms with Gasteiger partial charge in [-0.1, -0.05) is 0 Å². The van der Waals surface area contributed by atoms with E-state index in [1.807, 2.05) is 0 Å². The summed E-state index contributed by atoms with van der Waals surface area (Å²) in [5.74, 6) is -1.73.